The van der Waals surface area contributed by atoms with Crippen molar-refractivity contribution in [1.29, 1.82) is 0 Å². The summed E-state index contributed by atoms with van der Waals surface area (Å²) in [5.74, 6) is -0.186. The number of benzene rings is 9. The minimum atomic E-state index is -3.68. The number of nitrogens with zero attached hydrogens (tertiary/aromatic N) is 9. The number of hydrogen-bond acceptors (Lipinski definition) is 16. The fraction of sp³-hybridized carbons (Fsp3) is 0.212. The second kappa shape index (κ2) is 33.6. The summed E-state index contributed by atoms with van der Waals surface area (Å²) in [5, 5.41) is 23.2. The van der Waals surface area contributed by atoms with Crippen molar-refractivity contribution in [2.75, 3.05) is 74.9 Å². The van der Waals surface area contributed by atoms with E-state index < -0.39 is 32.1 Å². The molecule has 0 aliphatic carbocycles. The smallest absolute Gasteiger partial charge is 0.255 e. The first-order valence-corrected chi connectivity index (χ1v) is 38.7. The monoisotopic (exact) mass is 1510 g/mol. The Bertz CT molecular complexity index is 5440. The SMILES string of the molecule is CCN1CCN(S(=O)(=O)c2ccc(C(=O)Nc3ccc(Cl)c(-c4cnc5ccccc5n4)c3)cc2)CC1.O=C(Nc1ccc(Cl)c(-c2cnc3ccccc3n2)c1)c1ccc(CC2CCNCC2)cc1.O=C(Nc1ccc(Cl)c(-c2cnc3ccccc3n2)c1)c1ccc(S(=O)(=O)N2CCC(O)CC2)cc1. The topological polar surface area (TPSA) is 275 Å². The predicted octanol–water partition coefficient (Wildman–Crippen LogP) is 14.6. The van der Waals surface area contributed by atoms with Crippen LogP contribution >= 0.6 is 34.8 Å². The van der Waals surface area contributed by atoms with Crippen molar-refractivity contribution in [2.45, 2.75) is 54.9 Å². The molecular weight excluding hydrogens is 1440 g/mol. The number of para-hydroxylation sites is 6. The van der Waals surface area contributed by atoms with Crippen LogP contribution in [0.25, 0.3) is 66.9 Å². The Morgan fingerprint density at radius 1 is 0.443 bits per heavy atom. The van der Waals surface area contributed by atoms with Crippen LogP contribution in [0.3, 0.4) is 0 Å². The highest BCUT2D eigenvalue weighted by atomic mass is 35.5. The van der Waals surface area contributed by atoms with E-state index in [0.717, 1.165) is 70.6 Å². The second-order valence-corrected chi connectivity index (χ2v) is 30.9. The van der Waals surface area contributed by atoms with Crippen molar-refractivity contribution >= 4 is 123 Å². The minimum absolute atomic E-state index is 0.110. The molecule has 0 saturated carbocycles. The zero-order valence-corrected chi connectivity index (χ0v) is 61.5. The van der Waals surface area contributed by atoms with Gasteiger partial charge in [0, 0.05) is 89.7 Å². The van der Waals surface area contributed by atoms with E-state index in [2.05, 4.69) is 75.1 Å². The Labute approximate surface area is 629 Å². The van der Waals surface area contributed by atoms with Crippen molar-refractivity contribution in [1.82, 2.24) is 48.7 Å². The van der Waals surface area contributed by atoms with E-state index in [1.807, 2.05) is 91.0 Å². The lowest BCUT2D eigenvalue weighted by molar-refractivity contribution is 0.101. The molecule has 3 aromatic heterocycles. The molecule has 3 fully saturated rings. The molecule has 0 spiro atoms. The number of anilines is 3. The third-order valence-electron chi connectivity index (χ3n) is 18.8. The van der Waals surface area contributed by atoms with E-state index in [9.17, 15) is 36.3 Å². The van der Waals surface area contributed by atoms with Crippen LogP contribution in [-0.4, -0.2) is 148 Å². The summed E-state index contributed by atoms with van der Waals surface area (Å²) >= 11 is 19.3. The highest BCUT2D eigenvalue weighted by molar-refractivity contribution is 7.89. The van der Waals surface area contributed by atoms with E-state index in [-0.39, 0.29) is 34.7 Å². The Kier molecular flexibility index (Phi) is 23.5. The number of aliphatic hydroxyl groups is 1. The van der Waals surface area contributed by atoms with Gasteiger partial charge in [0.1, 0.15) is 0 Å². The standard InChI is InChI=1S/C27H26ClN5O3S.C27H25ClN4O.C26H23ClN4O4S/c1-2-32-13-15-33(16-14-32)37(35,36)21-10-7-19(8-11-21)27(34)30-20-9-12-23(28)22(17-20)26-18-29-24-5-3-4-6-25(24)31-26;28-23-10-9-21(16-22(23)26-17-30-24-3-1-2-4-25(24)32-26)31-27(33)20-7-5-18(6-8-20)15-19-11-13-29-14-12-19;27-22-10-7-18(15-21(22)25-16-28-23-3-1-2-4-24(23)30-25)29-26(33)17-5-8-20(9-6-17)36(34,35)31-13-11-19(32)12-14-31/h3-12,17-18H,2,13-16H2,1H3,(H,30,34);1-10,16-17,19,29H,11-15H2,(H,31,33);1-10,15-16,19,32H,11-14H2,(H,29,33). The maximum absolute atomic E-state index is 13.0. The van der Waals surface area contributed by atoms with E-state index in [1.165, 1.54) is 75.5 Å². The number of aromatic nitrogens is 6. The van der Waals surface area contributed by atoms with E-state index in [4.69, 9.17) is 34.8 Å². The van der Waals surface area contributed by atoms with Crippen LogP contribution in [0.15, 0.2) is 229 Å². The molecule has 3 aliphatic rings. The number of carbonyl (C=O) groups excluding carboxylic acids is 3. The molecule has 3 saturated heterocycles. The van der Waals surface area contributed by atoms with Gasteiger partial charge in [-0.05, 0) is 215 Å². The first-order valence-electron chi connectivity index (χ1n) is 34.7. The van der Waals surface area contributed by atoms with Crippen LogP contribution in [0.5, 0.6) is 0 Å². The number of aliphatic hydroxyl groups excluding tert-OH is 1. The lowest BCUT2D eigenvalue weighted by Crippen LogP contribution is -2.48. The molecule has 21 nitrogen and oxygen atoms in total. The number of amides is 3. The van der Waals surface area contributed by atoms with Crippen LogP contribution in [0.2, 0.25) is 15.1 Å². The van der Waals surface area contributed by atoms with Gasteiger partial charge in [0.2, 0.25) is 20.0 Å². The number of nitrogens with one attached hydrogen (secondary N) is 4. The minimum Gasteiger partial charge on any atom is -0.393 e. The summed E-state index contributed by atoms with van der Waals surface area (Å²) in [6.45, 7) is 8.04. The largest absolute Gasteiger partial charge is 0.393 e. The molecule has 0 radical (unpaired) electrons. The van der Waals surface area contributed by atoms with E-state index in [1.54, 1.807) is 67.1 Å². The number of likely N-dealkylation sites (N-methyl/N-ethyl adjacent to an activating group) is 1. The van der Waals surface area contributed by atoms with Crippen molar-refractivity contribution < 1.29 is 36.3 Å². The number of piperazine rings is 1. The number of piperidine rings is 2. The van der Waals surface area contributed by atoms with Crippen LogP contribution in [0, 0.1) is 5.92 Å². The number of carbonyl (C=O) groups is 3. The fourth-order valence-corrected chi connectivity index (χ4v) is 16.2. The number of halogens is 3. The lowest BCUT2D eigenvalue weighted by Gasteiger charge is -2.33. The molecule has 0 bridgehead atoms. The van der Waals surface area contributed by atoms with Crippen molar-refractivity contribution in [3.05, 3.63) is 256 Å². The van der Waals surface area contributed by atoms with Gasteiger partial charge in [-0.3, -0.25) is 29.3 Å². The third-order valence-corrected chi connectivity index (χ3v) is 23.6. The zero-order chi connectivity index (χ0) is 73.9. The Balaban J connectivity index is 0.000000141. The molecule has 9 aromatic carbocycles. The molecule has 0 unspecified atom stereocenters. The summed E-state index contributed by atoms with van der Waals surface area (Å²) in [7, 11) is -7.28. The van der Waals surface area contributed by atoms with Gasteiger partial charge in [-0.1, -0.05) is 90.3 Å². The lowest BCUT2D eigenvalue weighted by atomic mass is 9.91. The average molecular weight is 1520 g/mol. The summed E-state index contributed by atoms with van der Waals surface area (Å²) in [6, 6.07) is 58.1. The number of rotatable bonds is 16. The molecule has 106 heavy (non-hydrogen) atoms. The Hall–Kier alpha value is -10.0. The number of hydrogen-bond donors (Lipinski definition) is 5. The average Bonchev–Trinajstić information content (AvgIpc) is 0.815. The molecule has 26 heteroatoms. The third kappa shape index (κ3) is 17.9. The van der Waals surface area contributed by atoms with Gasteiger partial charge in [-0.2, -0.15) is 8.61 Å². The molecule has 12 aromatic rings. The van der Waals surface area contributed by atoms with Crippen LogP contribution in [0.4, 0.5) is 17.1 Å². The van der Waals surface area contributed by atoms with Crippen molar-refractivity contribution in [2.24, 2.45) is 5.92 Å². The predicted molar refractivity (Wildman–Crippen MR) is 417 cm³/mol. The quantitative estimate of drug-likeness (QED) is 0.0601. The molecule has 540 valence electrons. The van der Waals surface area contributed by atoms with Crippen LogP contribution in [0.1, 0.15) is 69.2 Å². The van der Waals surface area contributed by atoms with Gasteiger partial charge in [-0.15, -0.1) is 0 Å². The van der Waals surface area contributed by atoms with Gasteiger partial charge >= 0.3 is 0 Å². The van der Waals surface area contributed by atoms with Gasteiger partial charge in [0.05, 0.1) is 99.7 Å². The first-order chi connectivity index (χ1) is 51.3. The van der Waals surface area contributed by atoms with Gasteiger partial charge < -0.3 is 31.3 Å². The molecule has 6 heterocycles. The van der Waals surface area contributed by atoms with Gasteiger partial charge in [0.25, 0.3) is 17.7 Å². The summed E-state index contributed by atoms with van der Waals surface area (Å²) in [4.78, 5) is 68.4. The molecule has 3 aliphatic heterocycles. The summed E-state index contributed by atoms with van der Waals surface area (Å²) in [6.07, 6.45) is 8.83. The molecule has 3 amide bonds. The fourth-order valence-electron chi connectivity index (χ4n) is 12.7. The van der Waals surface area contributed by atoms with Crippen LogP contribution < -0.4 is 21.3 Å². The molecule has 5 N–H and O–H groups in total. The number of fused-ring (bicyclic) bond motifs is 3. The van der Waals surface area contributed by atoms with E-state index in [0.29, 0.717) is 116 Å². The maximum Gasteiger partial charge on any atom is 0.255 e. The van der Waals surface area contributed by atoms with Crippen molar-refractivity contribution in [3.63, 3.8) is 0 Å². The first kappa shape index (κ1) is 74.3. The zero-order valence-electron chi connectivity index (χ0n) is 57.6. The van der Waals surface area contributed by atoms with Gasteiger partial charge in [0.15, 0.2) is 0 Å². The molecule has 15 rings (SSSR count). The normalized spacial score (nSPS) is 14.9. The summed E-state index contributed by atoms with van der Waals surface area (Å²) < 4.78 is 54.7. The number of sulfonamides is 2. The maximum atomic E-state index is 13.0. The van der Waals surface area contributed by atoms with E-state index >= 15 is 0 Å². The second-order valence-electron chi connectivity index (χ2n) is 25.8. The highest BCUT2D eigenvalue weighted by Crippen LogP contribution is 2.35. The molecule has 0 atom stereocenters. The Morgan fingerprint density at radius 3 is 1.14 bits per heavy atom. The summed E-state index contributed by atoms with van der Waals surface area (Å²) in [5.41, 5.74) is 12.7. The molecular formula is C80H74Cl3N13O8S2. The van der Waals surface area contributed by atoms with Crippen LogP contribution in [-0.2, 0) is 26.5 Å². The highest BCUT2D eigenvalue weighted by Gasteiger charge is 2.31. The van der Waals surface area contributed by atoms with Gasteiger partial charge in [-0.25, -0.2) is 31.8 Å². The Morgan fingerprint density at radius 2 is 0.783 bits per heavy atom. The van der Waals surface area contributed by atoms with Crippen molar-refractivity contribution in [3.8, 4) is 33.8 Å².